The molecule has 1 N–H and O–H groups in total. The molecule has 1 aliphatic heterocycles. The first-order valence-electron chi connectivity index (χ1n) is 5.67. The second-order valence-corrected chi connectivity index (χ2v) is 4.88. The number of nitrogens with zero attached hydrogens (tertiary/aromatic N) is 2. The van der Waals surface area contributed by atoms with Gasteiger partial charge in [0.15, 0.2) is 0 Å². The van der Waals surface area contributed by atoms with E-state index in [4.69, 9.17) is 11.6 Å². The zero-order chi connectivity index (χ0) is 12.4. The molecule has 1 saturated heterocycles. The summed E-state index contributed by atoms with van der Waals surface area (Å²) in [5, 5.41) is 10.1. The number of piperidine rings is 1. The number of likely N-dealkylation sites (tertiary alicyclic amines) is 1. The lowest BCUT2D eigenvalue weighted by Crippen LogP contribution is -2.45. The highest BCUT2D eigenvalue weighted by molar-refractivity contribution is 6.30. The lowest BCUT2D eigenvalue weighted by Gasteiger charge is -2.34. The van der Waals surface area contributed by atoms with Crippen molar-refractivity contribution in [2.24, 2.45) is 5.92 Å². The van der Waals surface area contributed by atoms with E-state index in [2.05, 4.69) is 4.98 Å². The second kappa shape index (κ2) is 5.02. The van der Waals surface area contributed by atoms with Gasteiger partial charge in [-0.2, -0.15) is 0 Å². The average molecular weight is 255 g/mol. The van der Waals surface area contributed by atoms with Crippen molar-refractivity contribution >= 4 is 17.5 Å². The molecular formula is C12H15ClN2O2. The molecule has 2 heterocycles. The van der Waals surface area contributed by atoms with Crippen molar-refractivity contribution in [1.82, 2.24) is 9.88 Å². The molecule has 1 amide bonds. The van der Waals surface area contributed by atoms with Gasteiger partial charge in [0.2, 0.25) is 0 Å². The van der Waals surface area contributed by atoms with Crippen molar-refractivity contribution in [2.45, 2.75) is 19.4 Å². The molecule has 0 bridgehead atoms. The fourth-order valence-electron chi connectivity index (χ4n) is 1.98. The largest absolute Gasteiger partial charge is 0.393 e. The lowest BCUT2D eigenvalue weighted by atomic mass is 9.96. The SMILES string of the molecule is CC1CN(C(=O)c2ccc(Cl)cn2)CCC1O. The predicted molar refractivity (Wildman–Crippen MR) is 64.9 cm³/mol. The third kappa shape index (κ3) is 2.76. The van der Waals surface area contributed by atoms with Gasteiger partial charge >= 0.3 is 0 Å². The third-order valence-corrected chi connectivity index (χ3v) is 3.32. The van der Waals surface area contributed by atoms with Gasteiger partial charge in [0.1, 0.15) is 5.69 Å². The number of aromatic nitrogens is 1. The Hall–Kier alpha value is -1.13. The minimum absolute atomic E-state index is 0.0968. The molecule has 0 spiro atoms. The normalized spacial score (nSPS) is 24.8. The summed E-state index contributed by atoms with van der Waals surface area (Å²) in [7, 11) is 0. The van der Waals surface area contributed by atoms with Crippen molar-refractivity contribution in [3.05, 3.63) is 29.0 Å². The van der Waals surface area contributed by atoms with Gasteiger partial charge in [0.05, 0.1) is 11.1 Å². The van der Waals surface area contributed by atoms with E-state index in [1.807, 2.05) is 6.92 Å². The second-order valence-electron chi connectivity index (χ2n) is 4.45. The molecule has 2 atom stereocenters. The fraction of sp³-hybridized carbons (Fsp3) is 0.500. The van der Waals surface area contributed by atoms with Crippen molar-refractivity contribution < 1.29 is 9.90 Å². The van der Waals surface area contributed by atoms with E-state index in [1.54, 1.807) is 17.0 Å². The van der Waals surface area contributed by atoms with Crippen LogP contribution in [0.2, 0.25) is 5.02 Å². The predicted octanol–water partition coefficient (Wildman–Crippen LogP) is 1.58. The molecule has 0 aromatic carbocycles. The number of hydrogen-bond acceptors (Lipinski definition) is 3. The van der Waals surface area contributed by atoms with E-state index in [9.17, 15) is 9.90 Å². The van der Waals surface area contributed by atoms with E-state index in [0.717, 1.165) is 0 Å². The molecule has 0 saturated carbocycles. The van der Waals surface area contributed by atoms with Crippen molar-refractivity contribution in [3.8, 4) is 0 Å². The molecule has 1 aromatic rings. The standard InChI is InChI=1S/C12H15ClN2O2/c1-8-7-15(5-4-11(8)16)12(17)10-3-2-9(13)6-14-10/h2-3,6,8,11,16H,4-5,7H2,1H3. The van der Waals surface area contributed by atoms with Crippen LogP contribution in [0.1, 0.15) is 23.8 Å². The Balaban J connectivity index is 2.08. The van der Waals surface area contributed by atoms with Gasteiger partial charge in [-0.05, 0) is 24.5 Å². The van der Waals surface area contributed by atoms with Gasteiger partial charge in [-0.1, -0.05) is 18.5 Å². The first-order chi connectivity index (χ1) is 8.08. The highest BCUT2D eigenvalue weighted by Crippen LogP contribution is 2.18. The number of aliphatic hydroxyl groups excluding tert-OH is 1. The first kappa shape index (κ1) is 12.3. The summed E-state index contributed by atoms with van der Waals surface area (Å²) in [6, 6.07) is 3.28. The Kier molecular flexibility index (Phi) is 3.64. The smallest absolute Gasteiger partial charge is 0.272 e. The number of halogens is 1. The summed E-state index contributed by atoms with van der Waals surface area (Å²) in [4.78, 5) is 17.8. The molecule has 1 aromatic heterocycles. The maximum atomic E-state index is 12.1. The third-order valence-electron chi connectivity index (χ3n) is 3.09. The highest BCUT2D eigenvalue weighted by Gasteiger charge is 2.28. The Bertz CT molecular complexity index is 407. The van der Waals surface area contributed by atoms with Gasteiger partial charge in [0.25, 0.3) is 5.91 Å². The molecule has 17 heavy (non-hydrogen) atoms. The Labute approximate surface area is 105 Å². The van der Waals surface area contributed by atoms with Crippen LogP contribution in [-0.2, 0) is 0 Å². The van der Waals surface area contributed by atoms with Gasteiger partial charge in [0, 0.05) is 19.3 Å². The lowest BCUT2D eigenvalue weighted by molar-refractivity contribution is 0.0294. The average Bonchev–Trinajstić information content (AvgIpc) is 2.33. The Morgan fingerprint density at radius 1 is 1.59 bits per heavy atom. The Morgan fingerprint density at radius 2 is 2.35 bits per heavy atom. The van der Waals surface area contributed by atoms with Crippen LogP contribution >= 0.6 is 11.6 Å². The van der Waals surface area contributed by atoms with Crippen molar-refractivity contribution in [2.75, 3.05) is 13.1 Å². The summed E-state index contributed by atoms with van der Waals surface area (Å²) in [5.74, 6) is 0.0143. The summed E-state index contributed by atoms with van der Waals surface area (Å²) in [6.45, 7) is 3.10. The zero-order valence-corrected chi connectivity index (χ0v) is 10.4. The molecule has 2 rings (SSSR count). The van der Waals surface area contributed by atoms with Crippen LogP contribution in [0.5, 0.6) is 0 Å². The number of hydrogen-bond donors (Lipinski definition) is 1. The van der Waals surface area contributed by atoms with Gasteiger partial charge in [-0.3, -0.25) is 4.79 Å². The number of carbonyl (C=O) groups is 1. The number of carbonyl (C=O) groups excluding carboxylic acids is 1. The monoisotopic (exact) mass is 254 g/mol. The molecule has 5 heteroatoms. The van der Waals surface area contributed by atoms with Gasteiger partial charge in [-0.25, -0.2) is 4.98 Å². The molecule has 0 radical (unpaired) electrons. The van der Waals surface area contributed by atoms with Crippen LogP contribution in [0, 0.1) is 5.92 Å². The summed E-state index contributed by atoms with van der Waals surface area (Å²) < 4.78 is 0. The number of rotatable bonds is 1. The summed E-state index contributed by atoms with van der Waals surface area (Å²) >= 11 is 5.72. The van der Waals surface area contributed by atoms with Crippen LogP contribution in [0.4, 0.5) is 0 Å². The maximum Gasteiger partial charge on any atom is 0.272 e. The van der Waals surface area contributed by atoms with Crippen molar-refractivity contribution in [3.63, 3.8) is 0 Å². The van der Waals surface area contributed by atoms with E-state index >= 15 is 0 Å². The quantitative estimate of drug-likeness (QED) is 0.828. The topological polar surface area (TPSA) is 53.4 Å². The molecule has 0 aliphatic carbocycles. The molecule has 4 nitrogen and oxygen atoms in total. The van der Waals surface area contributed by atoms with Gasteiger partial charge < -0.3 is 10.0 Å². The Morgan fingerprint density at radius 3 is 2.94 bits per heavy atom. The zero-order valence-electron chi connectivity index (χ0n) is 9.64. The van der Waals surface area contributed by atoms with E-state index < -0.39 is 0 Å². The molecule has 2 unspecified atom stereocenters. The highest BCUT2D eigenvalue weighted by atomic mass is 35.5. The summed E-state index contributed by atoms with van der Waals surface area (Å²) in [6.07, 6.45) is 1.79. The van der Waals surface area contributed by atoms with Crippen LogP contribution < -0.4 is 0 Å². The van der Waals surface area contributed by atoms with E-state index in [-0.39, 0.29) is 17.9 Å². The van der Waals surface area contributed by atoms with Crippen LogP contribution in [0.3, 0.4) is 0 Å². The van der Waals surface area contributed by atoms with Gasteiger partial charge in [-0.15, -0.1) is 0 Å². The maximum absolute atomic E-state index is 12.1. The van der Waals surface area contributed by atoms with Crippen LogP contribution in [0.25, 0.3) is 0 Å². The van der Waals surface area contributed by atoms with E-state index in [1.165, 1.54) is 6.20 Å². The number of pyridine rings is 1. The minimum atomic E-state index is -0.308. The molecule has 1 fully saturated rings. The minimum Gasteiger partial charge on any atom is -0.393 e. The molecule has 92 valence electrons. The first-order valence-corrected chi connectivity index (χ1v) is 6.04. The summed E-state index contributed by atoms with van der Waals surface area (Å²) in [5.41, 5.74) is 0.401. The number of aliphatic hydroxyl groups is 1. The van der Waals surface area contributed by atoms with Crippen molar-refractivity contribution in [1.29, 1.82) is 0 Å². The van der Waals surface area contributed by atoms with Crippen LogP contribution in [0.15, 0.2) is 18.3 Å². The fourth-order valence-corrected chi connectivity index (χ4v) is 2.09. The molecule has 1 aliphatic rings. The van der Waals surface area contributed by atoms with E-state index in [0.29, 0.717) is 30.2 Å². The molecular weight excluding hydrogens is 240 g/mol. The number of amides is 1. The van der Waals surface area contributed by atoms with Crippen LogP contribution in [-0.4, -0.2) is 40.1 Å².